The minimum Gasteiger partial charge on any atom is -0.497 e. The highest BCUT2D eigenvalue weighted by Crippen LogP contribution is 2.31. The lowest BCUT2D eigenvalue weighted by atomic mass is 10.1. The molecule has 96 valence electrons. The first kappa shape index (κ1) is 11.6. The van der Waals surface area contributed by atoms with Gasteiger partial charge in [0.25, 0.3) is 0 Å². The van der Waals surface area contributed by atoms with Gasteiger partial charge in [0.15, 0.2) is 5.58 Å². The van der Waals surface area contributed by atoms with Gasteiger partial charge >= 0.3 is 0 Å². The van der Waals surface area contributed by atoms with Crippen LogP contribution in [-0.4, -0.2) is 12.1 Å². The van der Waals surface area contributed by atoms with Gasteiger partial charge in [-0.25, -0.2) is 4.98 Å². The first-order valence-corrected chi connectivity index (χ1v) is 5.98. The van der Waals surface area contributed by atoms with Crippen molar-refractivity contribution in [1.82, 2.24) is 4.98 Å². The first-order chi connectivity index (χ1) is 9.17. The van der Waals surface area contributed by atoms with Crippen molar-refractivity contribution in [2.24, 2.45) is 0 Å². The number of nitrogens with zero attached hydrogens (tertiary/aromatic N) is 1. The Bertz CT molecular complexity index is 747. The number of hydrogen-bond acceptors (Lipinski definition) is 4. The van der Waals surface area contributed by atoms with Gasteiger partial charge in [-0.1, -0.05) is 6.07 Å². The van der Waals surface area contributed by atoms with E-state index in [0.29, 0.717) is 17.3 Å². The number of hydrogen-bond donors (Lipinski definition) is 1. The molecule has 0 bridgehead atoms. The second-order valence-electron chi connectivity index (χ2n) is 4.44. The van der Waals surface area contributed by atoms with Crippen LogP contribution in [0.1, 0.15) is 5.56 Å². The van der Waals surface area contributed by atoms with Crippen LogP contribution in [0.25, 0.3) is 22.6 Å². The fourth-order valence-electron chi connectivity index (χ4n) is 2.01. The van der Waals surface area contributed by atoms with Crippen molar-refractivity contribution in [1.29, 1.82) is 0 Å². The lowest BCUT2D eigenvalue weighted by Gasteiger charge is -2.04. The summed E-state index contributed by atoms with van der Waals surface area (Å²) in [4.78, 5) is 4.45. The van der Waals surface area contributed by atoms with E-state index in [1.807, 2.05) is 37.3 Å². The number of fused-ring (bicyclic) bond motifs is 1. The van der Waals surface area contributed by atoms with E-state index in [2.05, 4.69) is 4.98 Å². The summed E-state index contributed by atoms with van der Waals surface area (Å²) in [7, 11) is 1.61. The molecule has 0 radical (unpaired) electrons. The zero-order chi connectivity index (χ0) is 13.4. The number of anilines is 1. The molecule has 0 saturated heterocycles. The second-order valence-corrected chi connectivity index (χ2v) is 4.44. The molecule has 2 aromatic carbocycles. The standard InChI is InChI=1S/C15H14N2O2/c1-9-3-6-13-14(7-9)19-15(17-13)11-5-4-10(18-2)8-12(11)16/h3-8H,16H2,1-2H3. The van der Waals surface area contributed by atoms with Gasteiger partial charge in [-0.2, -0.15) is 0 Å². The Balaban J connectivity index is 2.13. The summed E-state index contributed by atoms with van der Waals surface area (Å²) in [5, 5.41) is 0. The van der Waals surface area contributed by atoms with Gasteiger partial charge in [-0.3, -0.25) is 0 Å². The molecule has 4 nitrogen and oxygen atoms in total. The van der Waals surface area contributed by atoms with Crippen molar-refractivity contribution < 1.29 is 9.15 Å². The minimum absolute atomic E-state index is 0.528. The molecule has 0 aliphatic rings. The highest BCUT2D eigenvalue weighted by molar-refractivity contribution is 5.80. The highest BCUT2D eigenvalue weighted by Gasteiger charge is 2.11. The molecule has 0 atom stereocenters. The van der Waals surface area contributed by atoms with Gasteiger partial charge < -0.3 is 14.9 Å². The number of methoxy groups -OCH3 is 1. The van der Waals surface area contributed by atoms with Crippen LogP contribution in [0.4, 0.5) is 5.69 Å². The Hall–Kier alpha value is -2.49. The molecule has 0 aliphatic carbocycles. The molecule has 0 unspecified atom stereocenters. The molecule has 4 heteroatoms. The number of rotatable bonds is 2. The normalized spacial score (nSPS) is 10.8. The van der Waals surface area contributed by atoms with Gasteiger partial charge in [0, 0.05) is 11.8 Å². The van der Waals surface area contributed by atoms with E-state index in [1.165, 1.54) is 0 Å². The van der Waals surface area contributed by atoms with Crippen LogP contribution < -0.4 is 10.5 Å². The van der Waals surface area contributed by atoms with E-state index in [-0.39, 0.29) is 0 Å². The van der Waals surface area contributed by atoms with Crippen molar-refractivity contribution in [3.8, 4) is 17.2 Å². The van der Waals surface area contributed by atoms with Crippen molar-refractivity contribution in [2.45, 2.75) is 6.92 Å². The smallest absolute Gasteiger partial charge is 0.229 e. The molecule has 0 aliphatic heterocycles. The van der Waals surface area contributed by atoms with Gasteiger partial charge in [-0.05, 0) is 36.8 Å². The predicted molar refractivity (Wildman–Crippen MR) is 75.1 cm³/mol. The Kier molecular flexibility index (Phi) is 2.63. The monoisotopic (exact) mass is 254 g/mol. The summed E-state index contributed by atoms with van der Waals surface area (Å²) in [5.74, 6) is 1.24. The number of nitrogen functional groups attached to an aromatic ring is 1. The number of aryl methyl sites for hydroxylation is 1. The number of aromatic nitrogens is 1. The topological polar surface area (TPSA) is 61.3 Å². The second kappa shape index (κ2) is 4.31. The Morgan fingerprint density at radius 3 is 2.74 bits per heavy atom. The molecule has 2 N–H and O–H groups in total. The molecule has 0 saturated carbocycles. The van der Waals surface area contributed by atoms with Crippen molar-refractivity contribution in [2.75, 3.05) is 12.8 Å². The van der Waals surface area contributed by atoms with Crippen LogP contribution in [0, 0.1) is 6.92 Å². The number of benzene rings is 2. The van der Waals surface area contributed by atoms with Crippen molar-refractivity contribution >= 4 is 16.8 Å². The minimum atomic E-state index is 0.528. The summed E-state index contributed by atoms with van der Waals surface area (Å²) in [5.41, 5.74) is 10.1. The maximum atomic E-state index is 6.00. The maximum absolute atomic E-state index is 6.00. The van der Waals surface area contributed by atoms with Crippen LogP contribution >= 0.6 is 0 Å². The summed E-state index contributed by atoms with van der Waals surface area (Å²) >= 11 is 0. The SMILES string of the molecule is COc1ccc(-c2nc3ccc(C)cc3o2)c(N)c1. The van der Waals surface area contributed by atoms with E-state index in [0.717, 1.165) is 22.2 Å². The maximum Gasteiger partial charge on any atom is 0.229 e. The zero-order valence-corrected chi connectivity index (χ0v) is 10.8. The highest BCUT2D eigenvalue weighted by atomic mass is 16.5. The molecule has 1 heterocycles. The average Bonchev–Trinajstić information content (AvgIpc) is 2.81. The molecular weight excluding hydrogens is 240 g/mol. The molecule has 0 fully saturated rings. The number of ether oxygens (including phenoxy) is 1. The lowest BCUT2D eigenvalue weighted by molar-refractivity contribution is 0.415. The van der Waals surface area contributed by atoms with Crippen molar-refractivity contribution in [3.63, 3.8) is 0 Å². The Labute approximate surface area is 110 Å². The predicted octanol–water partition coefficient (Wildman–Crippen LogP) is 3.39. The molecule has 3 rings (SSSR count). The quantitative estimate of drug-likeness (QED) is 0.712. The number of oxazole rings is 1. The summed E-state index contributed by atoms with van der Waals surface area (Å²) < 4.78 is 10.9. The molecule has 0 amide bonds. The lowest BCUT2D eigenvalue weighted by Crippen LogP contribution is -1.92. The molecule has 3 aromatic rings. The van der Waals surface area contributed by atoms with Gasteiger partial charge in [-0.15, -0.1) is 0 Å². The van der Waals surface area contributed by atoms with Crippen LogP contribution in [0.5, 0.6) is 5.75 Å². The molecular formula is C15H14N2O2. The molecule has 1 aromatic heterocycles. The van der Waals surface area contributed by atoms with Crippen LogP contribution in [-0.2, 0) is 0 Å². The van der Waals surface area contributed by atoms with E-state index in [4.69, 9.17) is 14.9 Å². The summed E-state index contributed by atoms with van der Waals surface area (Å²) in [6.45, 7) is 2.02. The third-order valence-corrected chi connectivity index (χ3v) is 3.03. The Morgan fingerprint density at radius 2 is 2.00 bits per heavy atom. The van der Waals surface area contributed by atoms with E-state index in [1.54, 1.807) is 13.2 Å². The van der Waals surface area contributed by atoms with Crippen LogP contribution in [0.15, 0.2) is 40.8 Å². The Morgan fingerprint density at radius 1 is 1.16 bits per heavy atom. The third-order valence-electron chi connectivity index (χ3n) is 3.03. The first-order valence-electron chi connectivity index (χ1n) is 5.98. The largest absolute Gasteiger partial charge is 0.497 e. The van der Waals surface area contributed by atoms with Gasteiger partial charge in [0.2, 0.25) is 5.89 Å². The van der Waals surface area contributed by atoms with E-state index < -0.39 is 0 Å². The molecule has 0 spiro atoms. The van der Waals surface area contributed by atoms with Crippen LogP contribution in [0.2, 0.25) is 0 Å². The third kappa shape index (κ3) is 2.01. The zero-order valence-electron chi connectivity index (χ0n) is 10.8. The fraction of sp³-hybridized carbons (Fsp3) is 0.133. The van der Waals surface area contributed by atoms with Crippen LogP contribution in [0.3, 0.4) is 0 Å². The van der Waals surface area contributed by atoms with Crippen molar-refractivity contribution in [3.05, 3.63) is 42.0 Å². The van der Waals surface area contributed by atoms with Gasteiger partial charge in [0.05, 0.1) is 12.7 Å². The molecule has 19 heavy (non-hydrogen) atoms. The summed E-state index contributed by atoms with van der Waals surface area (Å²) in [6.07, 6.45) is 0. The average molecular weight is 254 g/mol. The van der Waals surface area contributed by atoms with Gasteiger partial charge in [0.1, 0.15) is 11.3 Å². The summed E-state index contributed by atoms with van der Waals surface area (Å²) in [6, 6.07) is 11.4. The van der Waals surface area contributed by atoms with E-state index in [9.17, 15) is 0 Å². The van der Waals surface area contributed by atoms with E-state index >= 15 is 0 Å². The number of nitrogens with two attached hydrogens (primary N) is 1. The fourth-order valence-corrected chi connectivity index (χ4v) is 2.01.